The van der Waals surface area contributed by atoms with E-state index < -0.39 is 5.82 Å². The van der Waals surface area contributed by atoms with Crippen molar-refractivity contribution in [1.29, 1.82) is 0 Å². The number of benzene rings is 1. The van der Waals surface area contributed by atoms with Crippen LogP contribution in [0.25, 0.3) is 0 Å². The number of carbonyl (C=O) groups is 1. The van der Waals surface area contributed by atoms with Gasteiger partial charge in [-0.1, -0.05) is 37.2 Å². The Morgan fingerprint density at radius 2 is 2.17 bits per heavy atom. The summed E-state index contributed by atoms with van der Waals surface area (Å²) in [5, 5.41) is 12.1. The third kappa shape index (κ3) is 5.28. The zero-order valence-corrected chi connectivity index (χ0v) is 14.1. The van der Waals surface area contributed by atoms with E-state index in [2.05, 4.69) is 22.4 Å². The largest absolute Gasteiger partial charge is 0.494 e. The van der Waals surface area contributed by atoms with Gasteiger partial charge in [-0.15, -0.1) is 10.2 Å². The van der Waals surface area contributed by atoms with E-state index in [0.29, 0.717) is 10.7 Å². The molecule has 0 fully saturated rings. The molecule has 0 aliphatic carbocycles. The van der Waals surface area contributed by atoms with Crippen LogP contribution in [-0.2, 0) is 17.6 Å². The van der Waals surface area contributed by atoms with Crippen LogP contribution in [-0.4, -0.2) is 23.2 Å². The normalized spacial score (nSPS) is 10.6. The second-order valence-corrected chi connectivity index (χ2v) is 6.21. The van der Waals surface area contributed by atoms with Crippen LogP contribution >= 0.6 is 11.3 Å². The molecule has 1 N–H and O–H groups in total. The quantitative estimate of drug-likeness (QED) is 0.748. The van der Waals surface area contributed by atoms with Crippen molar-refractivity contribution < 1.29 is 13.9 Å². The number of nitrogens with one attached hydrogen (secondary N) is 1. The van der Waals surface area contributed by atoms with E-state index in [1.54, 1.807) is 6.07 Å². The highest BCUT2D eigenvalue weighted by Crippen LogP contribution is 2.20. The summed E-state index contributed by atoms with van der Waals surface area (Å²) in [4.78, 5) is 12.0. The van der Waals surface area contributed by atoms with E-state index in [0.717, 1.165) is 30.7 Å². The number of rotatable bonds is 8. The van der Waals surface area contributed by atoms with Crippen molar-refractivity contribution in [2.75, 3.05) is 12.4 Å². The monoisotopic (exact) mass is 337 g/mol. The van der Waals surface area contributed by atoms with Gasteiger partial charge < -0.3 is 10.1 Å². The predicted octanol–water partition coefficient (Wildman–Crippen LogP) is 3.60. The van der Waals surface area contributed by atoms with Crippen LogP contribution in [0.15, 0.2) is 18.2 Å². The number of nitrogens with zero attached hydrogens (tertiary/aromatic N) is 2. The molecule has 0 atom stereocenters. The number of aromatic nitrogens is 2. The van der Waals surface area contributed by atoms with Crippen molar-refractivity contribution in [3.05, 3.63) is 34.6 Å². The molecule has 2 rings (SSSR count). The average Bonchev–Trinajstić information content (AvgIpc) is 2.95. The first-order valence-electron chi connectivity index (χ1n) is 7.57. The highest BCUT2D eigenvalue weighted by atomic mass is 32.1. The van der Waals surface area contributed by atoms with Gasteiger partial charge in [-0.05, 0) is 24.1 Å². The highest BCUT2D eigenvalue weighted by molar-refractivity contribution is 7.15. The number of aryl methyl sites for hydroxylation is 1. The lowest BCUT2D eigenvalue weighted by molar-refractivity contribution is -0.115. The van der Waals surface area contributed by atoms with Gasteiger partial charge in [0.2, 0.25) is 11.0 Å². The lowest BCUT2D eigenvalue weighted by Gasteiger charge is -2.05. The van der Waals surface area contributed by atoms with Crippen molar-refractivity contribution >= 4 is 22.4 Å². The van der Waals surface area contributed by atoms with E-state index in [1.807, 2.05) is 0 Å². The zero-order valence-electron chi connectivity index (χ0n) is 13.3. The van der Waals surface area contributed by atoms with Crippen molar-refractivity contribution in [2.45, 2.75) is 39.0 Å². The topological polar surface area (TPSA) is 64.1 Å². The maximum atomic E-state index is 13.6. The molecule has 0 bridgehead atoms. The molecule has 1 heterocycles. The SMILES string of the molecule is CCCCCc1nnc(NC(=O)Cc2ccc(OC)c(F)c2)s1. The van der Waals surface area contributed by atoms with Gasteiger partial charge in [0.1, 0.15) is 5.01 Å². The Hall–Kier alpha value is -2.02. The molecule has 0 saturated heterocycles. The Morgan fingerprint density at radius 1 is 1.35 bits per heavy atom. The number of hydrogen-bond acceptors (Lipinski definition) is 5. The number of unbranched alkanes of at least 4 members (excludes halogenated alkanes) is 2. The van der Waals surface area contributed by atoms with Gasteiger partial charge in [-0.25, -0.2) is 4.39 Å². The molecule has 2 aromatic rings. The second-order valence-electron chi connectivity index (χ2n) is 5.15. The minimum absolute atomic E-state index is 0.0751. The van der Waals surface area contributed by atoms with E-state index in [4.69, 9.17) is 4.74 Å². The van der Waals surface area contributed by atoms with Crippen LogP contribution < -0.4 is 10.1 Å². The molecule has 0 radical (unpaired) electrons. The summed E-state index contributed by atoms with van der Waals surface area (Å²) in [6, 6.07) is 4.47. The van der Waals surface area contributed by atoms with E-state index in [1.165, 1.54) is 30.6 Å². The van der Waals surface area contributed by atoms with Crippen molar-refractivity contribution in [1.82, 2.24) is 10.2 Å². The summed E-state index contributed by atoms with van der Waals surface area (Å²) in [5.74, 6) is -0.562. The Kier molecular flexibility index (Phi) is 6.46. The molecule has 7 heteroatoms. The number of amides is 1. The van der Waals surface area contributed by atoms with Crippen LogP contribution in [0.1, 0.15) is 36.8 Å². The van der Waals surface area contributed by atoms with Crippen molar-refractivity contribution in [2.24, 2.45) is 0 Å². The molecule has 0 spiro atoms. The molecule has 23 heavy (non-hydrogen) atoms. The first kappa shape index (κ1) is 17.3. The third-order valence-corrected chi connectivity index (χ3v) is 4.19. The number of carbonyl (C=O) groups excluding carboxylic acids is 1. The molecule has 5 nitrogen and oxygen atoms in total. The Morgan fingerprint density at radius 3 is 2.87 bits per heavy atom. The lowest BCUT2D eigenvalue weighted by atomic mass is 10.1. The summed E-state index contributed by atoms with van der Waals surface area (Å²) >= 11 is 1.38. The molecule has 0 unspecified atom stereocenters. The standard InChI is InChI=1S/C16H20FN3O2S/c1-3-4-5-6-15-19-20-16(23-15)18-14(21)10-11-7-8-13(22-2)12(17)9-11/h7-9H,3-6,10H2,1-2H3,(H,18,20,21). The Labute approximate surface area is 138 Å². The molecule has 1 amide bonds. The summed E-state index contributed by atoms with van der Waals surface area (Å²) in [6.45, 7) is 2.15. The Bertz CT molecular complexity index is 661. The molecule has 0 aliphatic heterocycles. The maximum Gasteiger partial charge on any atom is 0.230 e. The predicted molar refractivity (Wildman–Crippen MR) is 88.4 cm³/mol. The molecule has 0 saturated carbocycles. The summed E-state index contributed by atoms with van der Waals surface area (Å²) in [7, 11) is 1.40. The molecule has 1 aromatic heterocycles. The van der Waals surface area contributed by atoms with Crippen molar-refractivity contribution in [3.63, 3.8) is 0 Å². The summed E-state index contributed by atoms with van der Waals surface area (Å²) < 4.78 is 18.5. The second kappa shape index (κ2) is 8.57. The summed E-state index contributed by atoms with van der Waals surface area (Å²) in [6.07, 6.45) is 4.34. The fourth-order valence-corrected chi connectivity index (χ4v) is 2.90. The van der Waals surface area contributed by atoms with Gasteiger partial charge in [-0.2, -0.15) is 0 Å². The first-order chi connectivity index (χ1) is 11.1. The van der Waals surface area contributed by atoms with Crippen LogP contribution in [0, 0.1) is 5.82 Å². The van der Waals surface area contributed by atoms with Gasteiger partial charge in [0.05, 0.1) is 13.5 Å². The van der Waals surface area contributed by atoms with Gasteiger partial charge >= 0.3 is 0 Å². The van der Waals surface area contributed by atoms with Crippen LogP contribution in [0.5, 0.6) is 5.75 Å². The number of ether oxygens (including phenoxy) is 1. The minimum Gasteiger partial charge on any atom is -0.494 e. The van der Waals surface area contributed by atoms with Gasteiger partial charge in [0, 0.05) is 6.42 Å². The third-order valence-electron chi connectivity index (χ3n) is 3.29. The number of hydrogen-bond donors (Lipinski definition) is 1. The Balaban J connectivity index is 1.88. The smallest absolute Gasteiger partial charge is 0.230 e. The van der Waals surface area contributed by atoms with E-state index in [-0.39, 0.29) is 18.1 Å². The van der Waals surface area contributed by atoms with Crippen molar-refractivity contribution in [3.8, 4) is 5.75 Å². The highest BCUT2D eigenvalue weighted by Gasteiger charge is 2.11. The first-order valence-corrected chi connectivity index (χ1v) is 8.38. The fourth-order valence-electron chi connectivity index (χ4n) is 2.10. The van der Waals surface area contributed by atoms with Crippen LogP contribution in [0.4, 0.5) is 9.52 Å². The number of anilines is 1. The molecular formula is C16H20FN3O2S. The summed E-state index contributed by atoms with van der Waals surface area (Å²) in [5.41, 5.74) is 0.577. The van der Waals surface area contributed by atoms with E-state index in [9.17, 15) is 9.18 Å². The number of methoxy groups -OCH3 is 1. The molecule has 1 aromatic carbocycles. The van der Waals surface area contributed by atoms with Gasteiger partial charge in [0.15, 0.2) is 11.6 Å². The van der Waals surface area contributed by atoms with E-state index >= 15 is 0 Å². The lowest BCUT2D eigenvalue weighted by Crippen LogP contribution is -2.14. The fraction of sp³-hybridized carbons (Fsp3) is 0.438. The maximum absolute atomic E-state index is 13.6. The molecular weight excluding hydrogens is 317 g/mol. The average molecular weight is 337 g/mol. The molecule has 0 aliphatic rings. The van der Waals surface area contributed by atoms with Gasteiger partial charge in [0.25, 0.3) is 0 Å². The zero-order chi connectivity index (χ0) is 16.7. The van der Waals surface area contributed by atoms with Crippen LogP contribution in [0.3, 0.4) is 0 Å². The number of halogens is 1. The van der Waals surface area contributed by atoms with Gasteiger partial charge in [-0.3, -0.25) is 4.79 Å². The minimum atomic E-state index is -0.480. The van der Waals surface area contributed by atoms with Crippen LogP contribution in [0.2, 0.25) is 0 Å². The molecule has 124 valence electrons.